The van der Waals surface area contributed by atoms with E-state index < -0.39 is 33.1 Å². The molecule has 1 N–H and O–H groups in total. The maximum absolute atomic E-state index is 13.7. The van der Waals surface area contributed by atoms with Crippen molar-refractivity contribution in [3.63, 3.8) is 0 Å². The number of aromatic nitrogens is 1. The molecule has 0 bridgehead atoms. The molecule has 6 nitrogen and oxygen atoms in total. The molecule has 10 heteroatoms. The minimum Gasteiger partial charge on any atom is -0.481 e. The molecule has 2 aromatic rings. The number of halogens is 2. The Labute approximate surface area is 124 Å². The third-order valence-corrected chi connectivity index (χ3v) is 4.33. The van der Waals surface area contributed by atoms with Crippen molar-refractivity contribution in [1.82, 2.24) is 4.98 Å². The van der Waals surface area contributed by atoms with Crippen molar-refractivity contribution in [2.45, 2.75) is 15.7 Å². The van der Waals surface area contributed by atoms with Gasteiger partial charge in [0.15, 0.2) is 4.34 Å². The van der Waals surface area contributed by atoms with Gasteiger partial charge in [0.1, 0.15) is 11.6 Å². The minimum absolute atomic E-state index is 0.248. The molecule has 0 radical (unpaired) electrons. The zero-order valence-corrected chi connectivity index (χ0v) is 11.7. The van der Waals surface area contributed by atoms with Crippen LogP contribution in [0.1, 0.15) is 5.69 Å². The number of carboxylic acid groups (broad SMARTS) is 1. The van der Waals surface area contributed by atoms with E-state index in [0.29, 0.717) is 23.9 Å². The quantitative estimate of drug-likeness (QED) is 0.668. The second-order valence-corrected chi connectivity index (χ2v) is 5.89. The van der Waals surface area contributed by atoms with Gasteiger partial charge in [0.05, 0.1) is 34.1 Å². The summed E-state index contributed by atoms with van der Waals surface area (Å²) in [5, 5.41) is 20.6. The van der Waals surface area contributed by atoms with Crippen molar-refractivity contribution in [3.05, 3.63) is 45.0 Å². The van der Waals surface area contributed by atoms with Crippen LogP contribution >= 0.6 is 23.1 Å². The normalized spacial score (nSPS) is 10.6. The van der Waals surface area contributed by atoms with Crippen molar-refractivity contribution >= 4 is 34.8 Å². The van der Waals surface area contributed by atoms with Crippen molar-refractivity contribution in [2.75, 3.05) is 0 Å². The summed E-state index contributed by atoms with van der Waals surface area (Å²) in [5.41, 5.74) is -0.405. The number of carbonyl (C=O) groups is 1. The number of thiazole rings is 1. The molecule has 21 heavy (non-hydrogen) atoms. The van der Waals surface area contributed by atoms with Gasteiger partial charge in [0.2, 0.25) is 0 Å². The summed E-state index contributed by atoms with van der Waals surface area (Å²) in [7, 11) is 0. The molecule has 0 aliphatic rings. The van der Waals surface area contributed by atoms with Crippen LogP contribution in [0, 0.1) is 21.7 Å². The highest BCUT2D eigenvalue weighted by atomic mass is 32.2. The van der Waals surface area contributed by atoms with Gasteiger partial charge in [-0.2, -0.15) is 0 Å². The zero-order valence-electron chi connectivity index (χ0n) is 10.1. The second-order valence-electron chi connectivity index (χ2n) is 3.77. The lowest BCUT2D eigenvalue weighted by Crippen LogP contribution is -1.99. The molecule has 0 unspecified atom stereocenters. The van der Waals surface area contributed by atoms with Gasteiger partial charge in [-0.25, -0.2) is 13.8 Å². The highest BCUT2D eigenvalue weighted by Crippen LogP contribution is 2.35. The van der Waals surface area contributed by atoms with Crippen LogP contribution in [-0.4, -0.2) is 21.0 Å². The Morgan fingerprint density at radius 2 is 2.05 bits per heavy atom. The van der Waals surface area contributed by atoms with E-state index in [1.54, 1.807) is 0 Å². The standard InChI is InChI=1S/C11H6F2N2O4S2/c12-7-2-6(15(18)19)3-8(13)10(7)21-11-14-5(4-20-11)1-9(16)17/h2-4H,1H2,(H,16,17). The fourth-order valence-electron chi connectivity index (χ4n) is 1.41. The smallest absolute Gasteiger partial charge is 0.309 e. The predicted octanol–water partition coefficient (Wildman–Crippen LogP) is 3.11. The van der Waals surface area contributed by atoms with Crippen LogP contribution in [0.25, 0.3) is 0 Å². The molecule has 0 spiro atoms. The Hall–Kier alpha value is -2.07. The van der Waals surface area contributed by atoms with E-state index >= 15 is 0 Å². The summed E-state index contributed by atoms with van der Waals surface area (Å²) in [6, 6.07) is 1.24. The molecule has 1 heterocycles. The number of hydrogen-bond acceptors (Lipinski definition) is 6. The van der Waals surface area contributed by atoms with Gasteiger partial charge in [0.25, 0.3) is 5.69 Å². The lowest BCUT2D eigenvalue weighted by Gasteiger charge is -2.02. The van der Waals surface area contributed by atoms with Crippen LogP contribution in [0.5, 0.6) is 0 Å². The lowest BCUT2D eigenvalue weighted by atomic mass is 10.3. The third-order valence-electron chi connectivity index (χ3n) is 2.25. The Balaban J connectivity index is 2.25. The topological polar surface area (TPSA) is 93.3 Å². The molecule has 0 saturated heterocycles. The molecule has 0 fully saturated rings. The molecule has 0 atom stereocenters. The number of carboxylic acids is 1. The summed E-state index contributed by atoms with van der Waals surface area (Å²) in [6.45, 7) is 0. The molecule has 2 rings (SSSR count). The van der Waals surface area contributed by atoms with Gasteiger partial charge in [-0.15, -0.1) is 11.3 Å². The first-order chi connectivity index (χ1) is 9.86. The molecule has 0 saturated carbocycles. The van der Waals surface area contributed by atoms with E-state index in [1.807, 2.05) is 0 Å². The van der Waals surface area contributed by atoms with E-state index in [0.717, 1.165) is 11.3 Å². The first-order valence-corrected chi connectivity index (χ1v) is 7.04. The summed E-state index contributed by atoms with van der Waals surface area (Å²) in [4.78, 5) is 23.6. The van der Waals surface area contributed by atoms with Gasteiger partial charge < -0.3 is 5.11 Å². The van der Waals surface area contributed by atoms with Crippen LogP contribution in [0.15, 0.2) is 26.7 Å². The van der Waals surface area contributed by atoms with E-state index in [-0.39, 0.29) is 16.5 Å². The molecule has 1 aromatic carbocycles. The first kappa shape index (κ1) is 15.3. The molecule has 0 aliphatic heterocycles. The molecular weight excluding hydrogens is 326 g/mol. The van der Waals surface area contributed by atoms with Crippen molar-refractivity contribution in [3.8, 4) is 0 Å². The summed E-state index contributed by atoms with van der Waals surface area (Å²) in [5.74, 6) is -3.20. The largest absolute Gasteiger partial charge is 0.481 e. The SMILES string of the molecule is O=C(O)Cc1csc(Sc2c(F)cc([N+](=O)[O-])cc2F)n1. The van der Waals surface area contributed by atoms with Crippen LogP contribution in [0.3, 0.4) is 0 Å². The van der Waals surface area contributed by atoms with Gasteiger partial charge in [0, 0.05) is 5.38 Å². The average molecular weight is 332 g/mol. The third kappa shape index (κ3) is 3.73. The maximum Gasteiger partial charge on any atom is 0.309 e. The maximum atomic E-state index is 13.7. The van der Waals surface area contributed by atoms with Gasteiger partial charge >= 0.3 is 5.97 Å². The van der Waals surface area contributed by atoms with Crippen molar-refractivity contribution in [1.29, 1.82) is 0 Å². The number of aliphatic carboxylic acids is 1. The van der Waals surface area contributed by atoms with Crippen molar-refractivity contribution in [2.24, 2.45) is 0 Å². The van der Waals surface area contributed by atoms with E-state index in [9.17, 15) is 23.7 Å². The number of nitrogens with zero attached hydrogens (tertiary/aromatic N) is 2. The van der Waals surface area contributed by atoms with Crippen LogP contribution in [0.4, 0.5) is 14.5 Å². The number of non-ortho nitro benzene ring substituents is 1. The van der Waals surface area contributed by atoms with Crippen LogP contribution < -0.4 is 0 Å². The predicted molar refractivity (Wildman–Crippen MR) is 70.6 cm³/mol. The Bertz CT molecular complexity index is 697. The highest BCUT2D eigenvalue weighted by molar-refractivity contribution is 8.01. The molecule has 110 valence electrons. The number of rotatable bonds is 5. The van der Waals surface area contributed by atoms with Gasteiger partial charge in [-0.1, -0.05) is 11.8 Å². The highest BCUT2D eigenvalue weighted by Gasteiger charge is 2.19. The zero-order chi connectivity index (χ0) is 15.6. The fraction of sp³-hybridized carbons (Fsp3) is 0.0909. The second kappa shape index (κ2) is 6.14. The number of nitro groups is 1. The van der Waals surface area contributed by atoms with Crippen LogP contribution in [0.2, 0.25) is 0 Å². The van der Waals surface area contributed by atoms with Gasteiger partial charge in [-0.05, 0) is 0 Å². The van der Waals surface area contributed by atoms with E-state index in [4.69, 9.17) is 5.11 Å². The number of benzene rings is 1. The lowest BCUT2D eigenvalue weighted by molar-refractivity contribution is -0.385. The summed E-state index contributed by atoms with van der Waals surface area (Å²) >= 11 is 1.69. The fourth-order valence-corrected chi connectivity index (χ4v) is 3.19. The number of hydrogen-bond donors (Lipinski definition) is 1. The van der Waals surface area contributed by atoms with Gasteiger partial charge in [-0.3, -0.25) is 14.9 Å². The first-order valence-electron chi connectivity index (χ1n) is 5.34. The van der Waals surface area contributed by atoms with Crippen LogP contribution in [-0.2, 0) is 11.2 Å². The van der Waals surface area contributed by atoms with E-state index in [1.165, 1.54) is 5.38 Å². The summed E-state index contributed by atoms with van der Waals surface area (Å²) < 4.78 is 27.6. The monoisotopic (exact) mass is 332 g/mol. The molecular formula is C11H6F2N2O4S2. The minimum atomic E-state index is -1.07. The Morgan fingerprint density at radius 3 is 2.57 bits per heavy atom. The Kier molecular flexibility index (Phi) is 4.48. The molecule has 1 aromatic heterocycles. The Morgan fingerprint density at radius 1 is 1.43 bits per heavy atom. The summed E-state index contributed by atoms with van der Waals surface area (Å²) in [6.07, 6.45) is -0.289. The molecule has 0 amide bonds. The average Bonchev–Trinajstić information content (AvgIpc) is 2.80. The van der Waals surface area contributed by atoms with Crippen molar-refractivity contribution < 1.29 is 23.6 Å². The number of nitro benzene ring substituents is 1. The molecule has 0 aliphatic carbocycles. The van der Waals surface area contributed by atoms with E-state index in [2.05, 4.69) is 4.98 Å².